The number of nitrogens with zero attached hydrogens (tertiary/aromatic N) is 10. The molecule has 8 rings (SSSR count). The summed E-state index contributed by atoms with van der Waals surface area (Å²) in [4.78, 5) is 11.8. The number of aromatic nitrogens is 10. The molecule has 0 aliphatic heterocycles. The van der Waals surface area contributed by atoms with E-state index in [1.165, 1.54) is 33.3 Å². The highest BCUT2D eigenvalue weighted by Crippen LogP contribution is 2.35. The summed E-state index contributed by atoms with van der Waals surface area (Å²) in [6, 6.07) is 26.0. The minimum atomic E-state index is 0.703. The summed E-state index contributed by atoms with van der Waals surface area (Å²) in [6.45, 7) is 4.13. The Bertz CT molecular complexity index is 2210. The molecule has 0 aliphatic rings. The van der Waals surface area contributed by atoms with E-state index in [0.717, 1.165) is 46.4 Å². The summed E-state index contributed by atoms with van der Waals surface area (Å²) in [5.41, 5.74) is 4.05. The van der Waals surface area contributed by atoms with Crippen molar-refractivity contribution in [2.75, 3.05) is 0 Å². The van der Waals surface area contributed by atoms with Gasteiger partial charge in [0.15, 0.2) is 8.68 Å². The van der Waals surface area contributed by atoms with Gasteiger partial charge in [-0.3, -0.25) is 0 Å². The molecule has 234 valence electrons. The monoisotopic (exact) mass is 748 g/mol. The molecule has 10 nitrogen and oxygen atoms in total. The Morgan fingerprint density at radius 1 is 0.596 bits per heavy atom. The van der Waals surface area contributed by atoms with Crippen LogP contribution in [-0.4, -0.2) is 50.4 Å². The highest BCUT2D eigenvalue weighted by molar-refractivity contribution is 8.01. The highest BCUT2D eigenvalue weighted by Gasteiger charge is 2.16. The maximum atomic E-state index is 5.93. The van der Waals surface area contributed by atoms with Gasteiger partial charge in [-0.1, -0.05) is 54.1 Å². The zero-order valence-electron chi connectivity index (χ0n) is 24.5. The van der Waals surface area contributed by atoms with Gasteiger partial charge in [-0.05, 0) is 94.6 Å². The van der Waals surface area contributed by atoms with Crippen LogP contribution in [0.5, 0.6) is 0 Å². The van der Waals surface area contributed by atoms with Crippen LogP contribution in [0.15, 0.2) is 109 Å². The van der Waals surface area contributed by atoms with Crippen LogP contribution in [0, 0.1) is 13.8 Å². The molecular weight excluding hydrogens is 728 g/mol. The number of aryl methyl sites for hydroxylation is 2. The average Bonchev–Trinajstić information content (AvgIpc) is 3.93. The molecule has 0 fully saturated rings. The molecule has 6 heterocycles. The first kappa shape index (κ1) is 31.8. The van der Waals surface area contributed by atoms with Crippen molar-refractivity contribution in [3.8, 4) is 32.5 Å². The molecule has 0 N–H and O–H groups in total. The van der Waals surface area contributed by atoms with Crippen molar-refractivity contribution in [1.29, 1.82) is 0 Å². The van der Waals surface area contributed by atoms with Crippen molar-refractivity contribution in [3.05, 3.63) is 104 Å². The predicted octanol–water partition coefficient (Wildman–Crippen LogP) is 9.27. The fourth-order valence-corrected chi connectivity index (χ4v) is 9.38. The molecule has 2 aromatic carbocycles. The molecule has 0 saturated heterocycles. The average molecular weight is 749 g/mol. The lowest BCUT2D eigenvalue weighted by atomic mass is 10.2. The molecule has 0 amide bonds. The Morgan fingerprint density at radius 3 is 1.55 bits per heavy atom. The van der Waals surface area contributed by atoms with Crippen LogP contribution in [0.1, 0.15) is 9.75 Å². The molecule has 0 saturated carbocycles. The minimum absolute atomic E-state index is 0.703. The van der Waals surface area contributed by atoms with Crippen molar-refractivity contribution < 1.29 is 0 Å². The maximum Gasteiger partial charge on any atom is 0.221 e. The van der Waals surface area contributed by atoms with E-state index in [2.05, 4.69) is 84.5 Å². The molecule has 0 spiro atoms. The van der Waals surface area contributed by atoms with Crippen molar-refractivity contribution in [1.82, 2.24) is 50.4 Å². The van der Waals surface area contributed by atoms with Crippen LogP contribution in [0.25, 0.3) is 32.5 Å². The molecule has 47 heavy (non-hydrogen) atoms. The number of tetrazole rings is 2. The normalized spacial score (nSPS) is 11.0. The first-order valence-corrected chi connectivity index (χ1v) is 19.2. The number of halogens is 1. The van der Waals surface area contributed by atoms with Gasteiger partial charge in [-0.15, -0.1) is 55.5 Å². The van der Waals surface area contributed by atoms with E-state index in [1.807, 2.05) is 60.0 Å². The Balaban J connectivity index is 0.000000150. The molecule has 0 atom stereocenters. The van der Waals surface area contributed by atoms with Gasteiger partial charge in [0.05, 0.1) is 11.4 Å². The Hall–Kier alpha value is -3.77. The third kappa shape index (κ3) is 7.70. The van der Waals surface area contributed by atoms with Crippen molar-refractivity contribution >= 4 is 80.5 Å². The molecule has 0 bridgehead atoms. The molecule has 17 heteroatoms. The van der Waals surface area contributed by atoms with Gasteiger partial charge in [0.2, 0.25) is 10.3 Å². The topological polar surface area (TPSA) is 113 Å². The van der Waals surface area contributed by atoms with E-state index >= 15 is 0 Å². The number of thiophene rings is 2. The zero-order chi connectivity index (χ0) is 32.2. The summed E-state index contributed by atoms with van der Waals surface area (Å²) in [7, 11) is 0. The fraction of sp³-hybridized carbons (Fsp3) is 0.0667. The molecule has 8 aromatic rings. The van der Waals surface area contributed by atoms with E-state index in [4.69, 9.17) is 11.6 Å². The van der Waals surface area contributed by atoms with Crippen molar-refractivity contribution in [3.63, 3.8) is 0 Å². The van der Waals surface area contributed by atoms with E-state index in [1.54, 1.807) is 54.7 Å². The smallest absolute Gasteiger partial charge is 0.221 e. The Morgan fingerprint density at radius 2 is 1.09 bits per heavy atom. The second-order valence-electron chi connectivity index (χ2n) is 9.59. The Labute approximate surface area is 298 Å². The summed E-state index contributed by atoms with van der Waals surface area (Å²) < 4.78 is 5.31. The van der Waals surface area contributed by atoms with Crippen molar-refractivity contribution in [2.24, 2.45) is 0 Å². The second-order valence-corrected chi connectivity index (χ2v) is 16.7. The standard InChI is InChI=1S/C15H10ClN5S3.C15H11N5S3/c1-9-2-7-13(23-9)21-14(18-19-20-21)24-15-17-12(8-22-15)10-3-5-11(16)6-4-10;1-10-7-8-13(22-10)20-14(17-18-19-20)23-15-16-12(9-21-15)11-5-3-2-4-6-11/h2-8H,1H3;2-9H,1H3. The van der Waals surface area contributed by atoms with Gasteiger partial charge in [0, 0.05) is 36.7 Å². The van der Waals surface area contributed by atoms with Crippen LogP contribution in [-0.2, 0) is 0 Å². The fourth-order valence-electron chi connectivity index (χ4n) is 4.09. The third-order valence-electron chi connectivity index (χ3n) is 6.28. The molecule has 0 aliphatic carbocycles. The van der Waals surface area contributed by atoms with Crippen LogP contribution in [0.3, 0.4) is 0 Å². The maximum absolute atomic E-state index is 5.93. The van der Waals surface area contributed by atoms with Crippen LogP contribution in [0.4, 0.5) is 0 Å². The minimum Gasteiger partial charge on any atom is -0.229 e. The van der Waals surface area contributed by atoms with Gasteiger partial charge in [-0.25, -0.2) is 9.97 Å². The first-order valence-electron chi connectivity index (χ1n) is 13.8. The lowest BCUT2D eigenvalue weighted by molar-refractivity contribution is 0.768. The summed E-state index contributed by atoms with van der Waals surface area (Å²) in [5.74, 6) is 0. The van der Waals surface area contributed by atoms with E-state index in [9.17, 15) is 0 Å². The molecular formula is C30H21ClN10S6. The highest BCUT2D eigenvalue weighted by atomic mass is 35.5. The van der Waals surface area contributed by atoms with Gasteiger partial charge in [0.25, 0.3) is 0 Å². The van der Waals surface area contributed by atoms with E-state index in [-0.39, 0.29) is 0 Å². The lowest BCUT2D eigenvalue weighted by Crippen LogP contribution is -1.95. The molecule has 0 radical (unpaired) electrons. The zero-order valence-corrected chi connectivity index (χ0v) is 30.1. The number of benzene rings is 2. The van der Waals surface area contributed by atoms with Crippen LogP contribution < -0.4 is 0 Å². The number of thiazole rings is 2. The van der Waals surface area contributed by atoms with E-state index < -0.39 is 0 Å². The van der Waals surface area contributed by atoms with Crippen LogP contribution >= 0.6 is 80.5 Å². The largest absolute Gasteiger partial charge is 0.229 e. The van der Waals surface area contributed by atoms with E-state index in [0.29, 0.717) is 10.2 Å². The van der Waals surface area contributed by atoms with Gasteiger partial charge in [-0.2, -0.15) is 9.36 Å². The summed E-state index contributed by atoms with van der Waals surface area (Å²) in [6.07, 6.45) is 0. The summed E-state index contributed by atoms with van der Waals surface area (Å²) in [5, 5.41) is 32.2. The second kappa shape index (κ2) is 14.6. The third-order valence-corrected chi connectivity index (χ3v) is 12.2. The predicted molar refractivity (Wildman–Crippen MR) is 192 cm³/mol. The van der Waals surface area contributed by atoms with Gasteiger partial charge >= 0.3 is 0 Å². The molecule has 6 aromatic heterocycles. The number of rotatable bonds is 8. The molecule has 0 unspecified atom stereocenters. The quantitative estimate of drug-likeness (QED) is 0.149. The van der Waals surface area contributed by atoms with Gasteiger partial charge in [0.1, 0.15) is 10.0 Å². The first-order chi connectivity index (χ1) is 23.0. The van der Waals surface area contributed by atoms with Gasteiger partial charge < -0.3 is 0 Å². The SMILES string of the molecule is Cc1ccc(-n2nnnc2Sc2nc(-c3ccc(Cl)cc3)cs2)s1.Cc1ccc(-n2nnnc2Sc2nc(-c3ccccc3)cs2)s1. The van der Waals surface area contributed by atoms with Crippen LogP contribution in [0.2, 0.25) is 5.02 Å². The number of hydrogen-bond donors (Lipinski definition) is 0. The lowest BCUT2D eigenvalue weighted by Gasteiger charge is -1.99. The summed E-state index contributed by atoms with van der Waals surface area (Å²) >= 11 is 15.4. The van der Waals surface area contributed by atoms with Crippen molar-refractivity contribution in [2.45, 2.75) is 32.8 Å². The number of hydrogen-bond acceptors (Lipinski definition) is 14. The Kier molecular flexibility index (Phi) is 9.85.